The second-order valence-corrected chi connectivity index (χ2v) is 2.29. The summed E-state index contributed by atoms with van der Waals surface area (Å²) in [6.07, 6.45) is 5.63. The van der Waals surface area contributed by atoms with Crippen LogP contribution in [0.4, 0.5) is 0 Å². The maximum absolute atomic E-state index is 4.81. The molecule has 1 nitrogen and oxygen atoms in total. The molecule has 0 aliphatic carbocycles. The van der Waals surface area contributed by atoms with Gasteiger partial charge in [0.1, 0.15) is 0 Å². The lowest BCUT2D eigenvalue weighted by molar-refractivity contribution is 0.549. The summed E-state index contributed by atoms with van der Waals surface area (Å²) < 4.78 is 4.81. The van der Waals surface area contributed by atoms with Crippen LogP contribution in [0.25, 0.3) is 0 Å². The normalized spacial score (nSPS) is 13.6. The topological polar surface area (TPSA) is 13.1 Å². The Morgan fingerprint density at radius 3 is 3.00 bits per heavy atom. The molecule has 0 N–H and O–H groups in total. The molecular weight excluding hydrogens is 112 g/mol. The van der Waals surface area contributed by atoms with Gasteiger partial charge in [-0.05, 0) is 18.4 Å². The number of furan rings is 1. The Hall–Kier alpha value is -0.720. The minimum absolute atomic E-state index is 0.587. The summed E-state index contributed by atoms with van der Waals surface area (Å²) in [5, 5.41) is 0. The monoisotopic (exact) mass is 123 g/mol. The first kappa shape index (κ1) is 6.40. The van der Waals surface area contributed by atoms with E-state index in [2.05, 4.69) is 20.1 Å². The zero-order valence-corrected chi connectivity index (χ0v) is 5.85. The molecule has 0 bridgehead atoms. The fourth-order valence-electron chi connectivity index (χ4n) is 0.728. The van der Waals surface area contributed by atoms with Crippen molar-refractivity contribution in [3.8, 4) is 0 Å². The molecule has 0 saturated heterocycles. The van der Waals surface area contributed by atoms with Crippen molar-refractivity contribution in [3.63, 3.8) is 0 Å². The van der Waals surface area contributed by atoms with Crippen LogP contribution < -0.4 is 0 Å². The van der Waals surface area contributed by atoms with Crippen molar-refractivity contribution in [2.45, 2.75) is 26.2 Å². The van der Waals surface area contributed by atoms with E-state index in [4.69, 9.17) is 4.42 Å². The van der Waals surface area contributed by atoms with Crippen molar-refractivity contribution in [1.82, 2.24) is 0 Å². The molecule has 9 heavy (non-hydrogen) atoms. The van der Waals surface area contributed by atoms with Crippen molar-refractivity contribution < 1.29 is 4.42 Å². The molecule has 0 aliphatic heterocycles. The summed E-state index contributed by atoms with van der Waals surface area (Å²) in [5.74, 6) is 0.587. The molecule has 1 rings (SSSR count). The Labute approximate surface area is 55.7 Å². The minimum atomic E-state index is 0.587. The third kappa shape index (κ3) is 1.35. The Balaban J connectivity index is 2.65. The van der Waals surface area contributed by atoms with E-state index in [1.165, 1.54) is 5.56 Å². The summed E-state index contributed by atoms with van der Waals surface area (Å²) in [6, 6.07) is 1.97. The summed E-state index contributed by atoms with van der Waals surface area (Å²) >= 11 is 0. The maximum atomic E-state index is 4.81. The molecule has 1 unspecified atom stereocenters. The van der Waals surface area contributed by atoms with Gasteiger partial charge in [-0.3, -0.25) is 0 Å². The van der Waals surface area contributed by atoms with Gasteiger partial charge in [0.25, 0.3) is 0 Å². The van der Waals surface area contributed by atoms with Gasteiger partial charge in [0.2, 0.25) is 0 Å². The van der Waals surface area contributed by atoms with Crippen LogP contribution in [0.15, 0.2) is 16.7 Å². The van der Waals surface area contributed by atoms with Crippen molar-refractivity contribution >= 4 is 0 Å². The van der Waals surface area contributed by atoms with Gasteiger partial charge in [-0.2, -0.15) is 0 Å². The Morgan fingerprint density at radius 1 is 1.78 bits per heavy atom. The fraction of sp³-hybridized carbons (Fsp3) is 0.500. The molecule has 1 radical (unpaired) electrons. The smallest absolute Gasteiger partial charge is 0.172 e. The summed E-state index contributed by atoms with van der Waals surface area (Å²) in [4.78, 5) is 0. The molecule has 0 fully saturated rings. The first-order valence-corrected chi connectivity index (χ1v) is 3.29. The first-order chi connectivity index (χ1) is 4.34. The predicted molar refractivity (Wildman–Crippen MR) is 36.3 cm³/mol. The van der Waals surface area contributed by atoms with E-state index in [1.807, 2.05) is 6.07 Å². The van der Waals surface area contributed by atoms with Crippen molar-refractivity contribution in [3.05, 3.63) is 24.2 Å². The molecule has 0 aliphatic rings. The molecule has 0 spiro atoms. The number of hydrogen-bond donors (Lipinski definition) is 0. The van der Waals surface area contributed by atoms with Gasteiger partial charge in [0, 0.05) is 5.56 Å². The number of hydrogen-bond acceptors (Lipinski definition) is 1. The van der Waals surface area contributed by atoms with E-state index in [-0.39, 0.29) is 0 Å². The molecule has 1 heteroatoms. The highest BCUT2D eigenvalue weighted by molar-refractivity contribution is 5.09. The number of rotatable bonds is 2. The highest BCUT2D eigenvalue weighted by Crippen LogP contribution is 2.17. The third-order valence-electron chi connectivity index (χ3n) is 1.64. The summed E-state index contributed by atoms with van der Waals surface area (Å²) in [7, 11) is 0. The first-order valence-electron chi connectivity index (χ1n) is 3.29. The van der Waals surface area contributed by atoms with Crippen molar-refractivity contribution in [2.75, 3.05) is 0 Å². The highest BCUT2D eigenvalue weighted by Gasteiger charge is 2.02. The van der Waals surface area contributed by atoms with E-state index >= 15 is 0 Å². The van der Waals surface area contributed by atoms with Crippen LogP contribution in [0, 0.1) is 6.26 Å². The third-order valence-corrected chi connectivity index (χ3v) is 1.64. The van der Waals surface area contributed by atoms with Gasteiger partial charge in [-0.25, -0.2) is 0 Å². The van der Waals surface area contributed by atoms with Crippen LogP contribution >= 0.6 is 0 Å². The summed E-state index contributed by atoms with van der Waals surface area (Å²) in [6.45, 7) is 4.33. The Kier molecular flexibility index (Phi) is 1.93. The van der Waals surface area contributed by atoms with Gasteiger partial charge >= 0.3 is 0 Å². The minimum Gasteiger partial charge on any atom is -0.461 e. The standard InChI is InChI=1S/C8H11O/c1-3-7(2)8-4-5-9-6-8/h4-5,7H,3H2,1-2H3. The van der Waals surface area contributed by atoms with Gasteiger partial charge in [-0.1, -0.05) is 13.8 Å². The van der Waals surface area contributed by atoms with Crippen LogP contribution in [0.5, 0.6) is 0 Å². The second-order valence-electron chi connectivity index (χ2n) is 2.29. The van der Waals surface area contributed by atoms with E-state index < -0.39 is 0 Å². The Morgan fingerprint density at radius 2 is 2.56 bits per heavy atom. The van der Waals surface area contributed by atoms with E-state index in [0.717, 1.165) is 6.42 Å². The fourth-order valence-corrected chi connectivity index (χ4v) is 0.728. The molecule has 1 aromatic rings. The van der Waals surface area contributed by atoms with Gasteiger partial charge in [0.05, 0.1) is 6.26 Å². The lowest BCUT2D eigenvalue weighted by atomic mass is 10.0. The van der Waals surface area contributed by atoms with E-state index in [0.29, 0.717) is 5.92 Å². The zero-order valence-electron chi connectivity index (χ0n) is 5.85. The van der Waals surface area contributed by atoms with Crippen LogP contribution in [0.3, 0.4) is 0 Å². The molecule has 1 heterocycles. The van der Waals surface area contributed by atoms with E-state index in [9.17, 15) is 0 Å². The maximum Gasteiger partial charge on any atom is 0.172 e. The quantitative estimate of drug-likeness (QED) is 0.589. The van der Waals surface area contributed by atoms with Gasteiger partial charge in [-0.15, -0.1) is 0 Å². The van der Waals surface area contributed by atoms with Crippen LogP contribution in [0.2, 0.25) is 0 Å². The average Bonchev–Trinajstić information content (AvgIpc) is 2.37. The van der Waals surface area contributed by atoms with Gasteiger partial charge in [0.15, 0.2) is 6.26 Å². The molecule has 1 atom stereocenters. The van der Waals surface area contributed by atoms with Crippen LogP contribution in [0.1, 0.15) is 31.7 Å². The molecular formula is C8H11O. The Bertz CT molecular complexity index is 153. The lowest BCUT2D eigenvalue weighted by Gasteiger charge is -2.00. The summed E-state index contributed by atoms with van der Waals surface area (Å²) in [5.41, 5.74) is 1.18. The SMILES string of the molecule is CCC(C)c1[c]occ1. The second kappa shape index (κ2) is 2.72. The van der Waals surface area contributed by atoms with E-state index in [1.54, 1.807) is 6.26 Å². The zero-order chi connectivity index (χ0) is 6.69. The van der Waals surface area contributed by atoms with Gasteiger partial charge < -0.3 is 4.42 Å². The molecule has 1 aromatic heterocycles. The highest BCUT2D eigenvalue weighted by atomic mass is 16.3. The lowest BCUT2D eigenvalue weighted by Crippen LogP contribution is -1.86. The molecule has 0 aromatic carbocycles. The molecule has 0 saturated carbocycles. The van der Waals surface area contributed by atoms with Crippen LogP contribution in [-0.2, 0) is 0 Å². The van der Waals surface area contributed by atoms with Crippen molar-refractivity contribution in [1.29, 1.82) is 0 Å². The van der Waals surface area contributed by atoms with Crippen LogP contribution in [-0.4, -0.2) is 0 Å². The molecule has 49 valence electrons. The average molecular weight is 123 g/mol. The van der Waals surface area contributed by atoms with Crippen molar-refractivity contribution in [2.24, 2.45) is 0 Å². The largest absolute Gasteiger partial charge is 0.461 e. The molecule has 0 amide bonds. The predicted octanol–water partition coefficient (Wildman–Crippen LogP) is 2.59.